The Morgan fingerprint density at radius 3 is 2.50 bits per heavy atom. The highest BCUT2D eigenvalue weighted by Crippen LogP contribution is 2.11. The number of hydrogen-bond donors (Lipinski definition) is 1. The van der Waals surface area contributed by atoms with E-state index in [9.17, 15) is 0 Å². The van der Waals surface area contributed by atoms with Gasteiger partial charge in [0.1, 0.15) is 0 Å². The van der Waals surface area contributed by atoms with Crippen molar-refractivity contribution < 1.29 is 0 Å². The van der Waals surface area contributed by atoms with Gasteiger partial charge < -0.3 is 5.32 Å². The van der Waals surface area contributed by atoms with E-state index in [0.29, 0.717) is 5.92 Å². The Balaban J connectivity index is 2.62. The van der Waals surface area contributed by atoms with E-state index < -0.39 is 0 Å². The molecule has 0 atom stereocenters. The topological polar surface area (TPSA) is 12.0 Å². The fraction of sp³-hybridized carbons (Fsp3) is 0.333. The Bertz CT molecular complexity index is 171. The van der Waals surface area contributed by atoms with Crippen molar-refractivity contribution in [3.63, 3.8) is 0 Å². The molecule has 0 aliphatic heterocycles. The van der Waals surface area contributed by atoms with E-state index >= 15 is 0 Å². The number of rotatable bonds is 1. The van der Waals surface area contributed by atoms with Crippen LogP contribution in [0.3, 0.4) is 0 Å². The van der Waals surface area contributed by atoms with E-state index in [4.69, 9.17) is 0 Å². The molecule has 1 nitrogen and oxygen atoms in total. The second kappa shape index (κ2) is 3.25. The van der Waals surface area contributed by atoms with E-state index in [1.807, 2.05) is 13.2 Å². The van der Waals surface area contributed by atoms with E-state index in [0.717, 1.165) is 0 Å². The van der Waals surface area contributed by atoms with E-state index in [-0.39, 0.29) is 0 Å². The molecule has 1 heteroatoms. The summed E-state index contributed by atoms with van der Waals surface area (Å²) >= 11 is 0. The maximum absolute atomic E-state index is 2.99. The Morgan fingerprint density at radius 2 is 2.00 bits per heavy atom. The Kier molecular flexibility index (Phi) is 2.32. The third-order valence-electron chi connectivity index (χ3n) is 1.50. The van der Waals surface area contributed by atoms with E-state index in [1.54, 1.807) is 0 Å². The first-order valence-electron chi connectivity index (χ1n) is 3.57. The maximum Gasteiger partial charge on any atom is 0.00349 e. The largest absolute Gasteiger partial charge is 0.393 e. The maximum atomic E-state index is 2.99. The van der Waals surface area contributed by atoms with Crippen LogP contribution in [-0.2, 0) is 0 Å². The molecule has 0 spiro atoms. The van der Waals surface area contributed by atoms with Crippen LogP contribution >= 0.6 is 0 Å². The number of nitrogens with one attached hydrogen (secondary N) is 1. The number of allylic oxidation sites excluding steroid dienone is 5. The number of hydrogen-bond acceptors (Lipinski definition) is 1. The Labute approximate surface area is 62.1 Å². The summed E-state index contributed by atoms with van der Waals surface area (Å²) in [7, 11) is 1.91. The van der Waals surface area contributed by atoms with Crippen molar-refractivity contribution in [3.8, 4) is 0 Å². The molecule has 10 heavy (non-hydrogen) atoms. The van der Waals surface area contributed by atoms with Crippen LogP contribution in [0.15, 0.2) is 36.1 Å². The summed E-state index contributed by atoms with van der Waals surface area (Å²) in [5, 5.41) is 2.99. The van der Waals surface area contributed by atoms with E-state index in [2.05, 4.69) is 36.5 Å². The highest BCUT2D eigenvalue weighted by atomic mass is 14.8. The van der Waals surface area contributed by atoms with E-state index in [1.165, 1.54) is 5.57 Å². The fourth-order valence-electron chi connectivity index (χ4n) is 0.908. The molecule has 0 heterocycles. The second-order valence-electron chi connectivity index (χ2n) is 2.51. The summed E-state index contributed by atoms with van der Waals surface area (Å²) in [6.45, 7) is 2.17. The van der Waals surface area contributed by atoms with Crippen molar-refractivity contribution in [2.45, 2.75) is 6.92 Å². The third kappa shape index (κ3) is 1.76. The van der Waals surface area contributed by atoms with Gasteiger partial charge in [-0.2, -0.15) is 0 Å². The van der Waals surface area contributed by atoms with Gasteiger partial charge in [-0.1, -0.05) is 31.2 Å². The summed E-state index contributed by atoms with van der Waals surface area (Å²) in [4.78, 5) is 0. The average Bonchev–Trinajstić information content (AvgIpc) is 1.95. The average molecular weight is 135 g/mol. The SMILES string of the molecule is CNC=C1C=CC(C)C=C1. The van der Waals surface area contributed by atoms with Gasteiger partial charge in [0.25, 0.3) is 0 Å². The molecule has 1 rings (SSSR count). The van der Waals surface area contributed by atoms with Crippen molar-refractivity contribution in [3.05, 3.63) is 36.1 Å². The zero-order chi connectivity index (χ0) is 7.40. The van der Waals surface area contributed by atoms with Gasteiger partial charge in [-0.3, -0.25) is 0 Å². The van der Waals surface area contributed by atoms with Crippen molar-refractivity contribution in [1.29, 1.82) is 0 Å². The second-order valence-corrected chi connectivity index (χ2v) is 2.51. The molecule has 1 aliphatic rings. The minimum absolute atomic E-state index is 0.592. The van der Waals surface area contributed by atoms with Gasteiger partial charge in [0, 0.05) is 13.2 Å². The van der Waals surface area contributed by atoms with Crippen molar-refractivity contribution in [2.24, 2.45) is 5.92 Å². The molecule has 0 aromatic rings. The fourth-order valence-corrected chi connectivity index (χ4v) is 0.908. The van der Waals surface area contributed by atoms with Gasteiger partial charge in [-0.25, -0.2) is 0 Å². The molecule has 0 unspecified atom stereocenters. The van der Waals surface area contributed by atoms with Crippen LogP contribution in [0.25, 0.3) is 0 Å². The lowest BCUT2D eigenvalue weighted by atomic mass is 10.0. The van der Waals surface area contributed by atoms with Crippen molar-refractivity contribution in [2.75, 3.05) is 7.05 Å². The summed E-state index contributed by atoms with van der Waals surface area (Å²) in [5.41, 5.74) is 1.24. The molecule has 0 aromatic carbocycles. The van der Waals surface area contributed by atoms with Gasteiger partial charge in [-0.15, -0.1) is 0 Å². The highest BCUT2D eigenvalue weighted by Gasteiger charge is 1.96. The molecule has 1 N–H and O–H groups in total. The zero-order valence-corrected chi connectivity index (χ0v) is 6.46. The molecule has 0 saturated carbocycles. The summed E-state index contributed by atoms with van der Waals surface area (Å²) in [5.74, 6) is 0.592. The minimum Gasteiger partial charge on any atom is -0.393 e. The summed E-state index contributed by atoms with van der Waals surface area (Å²) in [6.07, 6.45) is 10.6. The van der Waals surface area contributed by atoms with Crippen LogP contribution < -0.4 is 5.32 Å². The van der Waals surface area contributed by atoms with Gasteiger partial charge in [0.2, 0.25) is 0 Å². The smallest absolute Gasteiger partial charge is 0.00349 e. The summed E-state index contributed by atoms with van der Waals surface area (Å²) in [6, 6.07) is 0. The van der Waals surface area contributed by atoms with Gasteiger partial charge in [-0.05, 0) is 11.5 Å². The van der Waals surface area contributed by atoms with Crippen LogP contribution in [0.5, 0.6) is 0 Å². The molecule has 1 aliphatic carbocycles. The van der Waals surface area contributed by atoms with Gasteiger partial charge in [0.05, 0.1) is 0 Å². The lowest BCUT2D eigenvalue weighted by Gasteiger charge is -2.04. The zero-order valence-electron chi connectivity index (χ0n) is 6.46. The molecule has 0 saturated heterocycles. The van der Waals surface area contributed by atoms with Crippen LogP contribution in [0.1, 0.15) is 6.92 Å². The quantitative estimate of drug-likeness (QED) is 0.578. The molecule has 54 valence electrons. The van der Waals surface area contributed by atoms with Crippen LogP contribution in [0.2, 0.25) is 0 Å². The minimum atomic E-state index is 0.592. The normalized spacial score (nSPS) is 23.0. The first-order chi connectivity index (χ1) is 4.83. The highest BCUT2D eigenvalue weighted by molar-refractivity contribution is 5.34. The van der Waals surface area contributed by atoms with Crippen LogP contribution in [-0.4, -0.2) is 7.05 Å². The predicted octanol–water partition coefficient (Wildman–Crippen LogP) is 1.85. The molecule has 0 bridgehead atoms. The lowest BCUT2D eigenvalue weighted by Crippen LogP contribution is -1.96. The first-order valence-corrected chi connectivity index (χ1v) is 3.57. The monoisotopic (exact) mass is 135 g/mol. The Hall–Kier alpha value is -0.980. The molecular formula is C9H13N. The molecular weight excluding hydrogens is 122 g/mol. The van der Waals surface area contributed by atoms with Crippen molar-refractivity contribution >= 4 is 0 Å². The van der Waals surface area contributed by atoms with Crippen LogP contribution in [0.4, 0.5) is 0 Å². The summed E-state index contributed by atoms with van der Waals surface area (Å²) < 4.78 is 0. The lowest BCUT2D eigenvalue weighted by molar-refractivity contribution is 0.926. The predicted molar refractivity (Wildman–Crippen MR) is 44.6 cm³/mol. The van der Waals surface area contributed by atoms with Gasteiger partial charge >= 0.3 is 0 Å². The third-order valence-corrected chi connectivity index (χ3v) is 1.50. The van der Waals surface area contributed by atoms with Crippen LogP contribution in [0, 0.1) is 5.92 Å². The molecule has 0 fully saturated rings. The van der Waals surface area contributed by atoms with Gasteiger partial charge in [0.15, 0.2) is 0 Å². The molecule has 0 aromatic heterocycles. The molecule has 0 radical (unpaired) electrons. The molecule has 0 amide bonds. The first kappa shape index (κ1) is 7.13. The van der Waals surface area contributed by atoms with Crippen molar-refractivity contribution in [1.82, 2.24) is 5.32 Å². The Morgan fingerprint density at radius 1 is 1.40 bits per heavy atom. The standard InChI is InChI=1S/C9H13N/c1-8-3-5-9(6-4-8)7-10-2/h3-8,10H,1-2H3.